The normalized spacial score (nSPS) is 19.0. The third kappa shape index (κ3) is 6.55. The van der Waals surface area contributed by atoms with Gasteiger partial charge in [0.15, 0.2) is 6.29 Å². The van der Waals surface area contributed by atoms with Gasteiger partial charge in [0.1, 0.15) is 6.54 Å². The van der Waals surface area contributed by atoms with Crippen LogP contribution in [0.15, 0.2) is 16.3 Å². The first-order valence-corrected chi connectivity index (χ1v) is 8.74. The van der Waals surface area contributed by atoms with Crippen LogP contribution in [0.5, 0.6) is 0 Å². The molecule has 0 atom stereocenters. The summed E-state index contributed by atoms with van der Waals surface area (Å²) in [5, 5.41) is 0. The highest BCUT2D eigenvalue weighted by molar-refractivity contribution is 6.05. The van der Waals surface area contributed by atoms with Crippen molar-refractivity contribution in [2.45, 2.75) is 59.3 Å². The molecule has 2 N–H and O–H groups in total. The van der Waals surface area contributed by atoms with Crippen molar-refractivity contribution in [3.63, 3.8) is 0 Å². The van der Waals surface area contributed by atoms with E-state index in [-0.39, 0.29) is 18.1 Å². The van der Waals surface area contributed by atoms with Gasteiger partial charge in [-0.15, -0.1) is 0 Å². The lowest BCUT2D eigenvalue weighted by molar-refractivity contribution is -0.129. The summed E-state index contributed by atoms with van der Waals surface area (Å²) < 4.78 is 0. The molecule has 0 heterocycles. The Hall–Kier alpha value is -1.65. The van der Waals surface area contributed by atoms with Crippen LogP contribution >= 0.6 is 0 Å². The second-order valence-electron chi connectivity index (χ2n) is 6.59. The van der Waals surface area contributed by atoms with E-state index in [2.05, 4.69) is 25.8 Å². The first-order chi connectivity index (χ1) is 11.0. The number of rotatable bonds is 8. The number of carbonyl (C=O) groups excluding carboxylic acids is 2. The molecule has 23 heavy (non-hydrogen) atoms. The average Bonchev–Trinajstić information content (AvgIpc) is 2.55. The number of aldehydes is 1. The van der Waals surface area contributed by atoms with Gasteiger partial charge in [0.2, 0.25) is 5.91 Å². The summed E-state index contributed by atoms with van der Waals surface area (Å²) in [6.07, 6.45) is 6.28. The van der Waals surface area contributed by atoms with E-state index in [9.17, 15) is 9.59 Å². The summed E-state index contributed by atoms with van der Waals surface area (Å²) in [6, 6.07) is 0. The van der Waals surface area contributed by atoms with E-state index < -0.39 is 0 Å². The highest BCUT2D eigenvalue weighted by atomic mass is 16.2. The van der Waals surface area contributed by atoms with Crippen LogP contribution in [0.2, 0.25) is 0 Å². The van der Waals surface area contributed by atoms with Crippen molar-refractivity contribution >= 4 is 17.9 Å². The van der Waals surface area contributed by atoms with Crippen LogP contribution in [-0.2, 0) is 9.59 Å². The van der Waals surface area contributed by atoms with Gasteiger partial charge in [0, 0.05) is 18.8 Å². The number of amides is 1. The molecule has 0 aliphatic heterocycles. The molecule has 0 radical (unpaired) electrons. The summed E-state index contributed by atoms with van der Waals surface area (Å²) in [5.74, 6) is 0.642. The Morgan fingerprint density at radius 2 is 2.00 bits per heavy atom. The Labute approximate surface area is 140 Å². The molecule has 1 amide bonds. The summed E-state index contributed by atoms with van der Waals surface area (Å²) >= 11 is 0. The van der Waals surface area contributed by atoms with Gasteiger partial charge in [-0.25, -0.2) is 0 Å². The van der Waals surface area contributed by atoms with Gasteiger partial charge in [-0.05, 0) is 50.0 Å². The lowest BCUT2D eigenvalue weighted by Crippen LogP contribution is -2.35. The van der Waals surface area contributed by atoms with Crippen LogP contribution in [-0.4, -0.2) is 42.4 Å². The van der Waals surface area contributed by atoms with Crippen molar-refractivity contribution in [1.29, 1.82) is 0 Å². The zero-order valence-electron chi connectivity index (χ0n) is 14.8. The Bertz CT molecular complexity index is 467. The minimum atomic E-state index is 0.0644. The predicted octanol–water partition coefficient (Wildman–Crippen LogP) is 2.70. The topological polar surface area (TPSA) is 75.8 Å². The van der Waals surface area contributed by atoms with Crippen LogP contribution in [0.25, 0.3) is 0 Å². The standard InChI is InChI=1S/C18H31N3O2/c1-4-10-21(11-9-14(2)3)18(23)12-20-17-8-6-5-7-15(17)16(19)13-22/h13-14H,4-12,19H2,1-3H3/b16-15-,20-17?. The smallest absolute Gasteiger partial charge is 0.244 e. The number of hydrogen-bond acceptors (Lipinski definition) is 4. The highest BCUT2D eigenvalue weighted by Gasteiger charge is 2.18. The molecular formula is C18H31N3O2. The van der Waals surface area contributed by atoms with Gasteiger partial charge in [0.05, 0.1) is 5.70 Å². The first kappa shape index (κ1) is 19.4. The summed E-state index contributed by atoms with van der Waals surface area (Å²) in [4.78, 5) is 29.7. The molecule has 1 rings (SSSR count). The van der Waals surface area contributed by atoms with Gasteiger partial charge >= 0.3 is 0 Å². The maximum absolute atomic E-state index is 12.4. The molecule has 5 nitrogen and oxygen atoms in total. The van der Waals surface area contributed by atoms with E-state index in [4.69, 9.17) is 5.73 Å². The van der Waals surface area contributed by atoms with Crippen molar-refractivity contribution < 1.29 is 9.59 Å². The van der Waals surface area contributed by atoms with Crippen LogP contribution < -0.4 is 5.73 Å². The number of nitrogens with two attached hydrogens (primary N) is 1. The van der Waals surface area contributed by atoms with Crippen molar-refractivity contribution in [3.8, 4) is 0 Å². The maximum Gasteiger partial charge on any atom is 0.244 e. The molecule has 0 aromatic rings. The number of aliphatic imine (C=N–C) groups is 1. The quantitative estimate of drug-likeness (QED) is 0.551. The summed E-state index contributed by atoms with van der Waals surface area (Å²) in [5.41, 5.74) is 7.71. The number of allylic oxidation sites excluding steroid dienone is 2. The molecule has 0 unspecified atom stereocenters. The van der Waals surface area contributed by atoms with E-state index in [1.165, 1.54) is 0 Å². The molecule has 0 spiro atoms. The number of carbonyl (C=O) groups is 2. The van der Waals surface area contributed by atoms with E-state index in [0.29, 0.717) is 12.2 Å². The summed E-state index contributed by atoms with van der Waals surface area (Å²) in [6.45, 7) is 8.12. The molecular weight excluding hydrogens is 290 g/mol. The van der Waals surface area contributed by atoms with E-state index in [1.807, 2.05) is 4.90 Å². The Kier molecular flexibility index (Phi) is 8.59. The first-order valence-electron chi connectivity index (χ1n) is 8.74. The minimum Gasteiger partial charge on any atom is -0.396 e. The third-order valence-corrected chi connectivity index (χ3v) is 4.14. The van der Waals surface area contributed by atoms with E-state index >= 15 is 0 Å². The third-order valence-electron chi connectivity index (χ3n) is 4.14. The molecule has 130 valence electrons. The van der Waals surface area contributed by atoms with Crippen molar-refractivity contribution in [1.82, 2.24) is 4.90 Å². The van der Waals surface area contributed by atoms with Gasteiger partial charge in [0.25, 0.3) is 0 Å². The van der Waals surface area contributed by atoms with Gasteiger partial charge < -0.3 is 10.6 Å². The summed E-state index contributed by atoms with van der Waals surface area (Å²) in [7, 11) is 0. The predicted molar refractivity (Wildman–Crippen MR) is 94.4 cm³/mol. The fraction of sp³-hybridized carbons (Fsp3) is 0.722. The van der Waals surface area contributed by atoms with Gasteiger partial charge in [-0.3, -0.25) is 14.6 Å². The molecule has 1 fully saturated rings. The molecule has 0 saturated heterocycles. The number of hydrogen-bond donors (Lipinski definition) is 1. The minimum absolute atomic E-state index is 0.0644. The van der Waals surface area contributed by atoms with Crippen LogP contribution in [0.3, 0.4) is 0 Å². The Morgan fingerprint density at radius 1 is 1.30 bits per heavy atom. The zero-order valence-corrected chi connectivity index (χ0v) is 14.8. The maximum atomic E-state index is 12.4. The van der Waals surface area contributed by atoms with E-state index in [0.717, 1.165) is 62.9 Å². The van der Waals surface area contributed by atoms with Crippen molar-refractivity contribution in [2.75, 3.05) is 19.6 Å². The van der Waals surface area contributed by atoms with Gasteiger partial charge in [-0.2, -0.15) is 0 Å². The van der Waals surface area contributed by atoms with E-state index in [1.54, 1.807) is 0 Å². The molecule has 1 saturated carbocycles. The van der Waals surface area contributed by atoms with Crippen LogP contribution in [0.4, 0.5) is 0 Å². The fourth-order valence-corrected chi connectivity index (χ4v) is 2.75. The second kappa shape index (κ2) is 10.2. The Morgan fingerprint density at radius 3 is 2.61 bits per heavy atom. The number of nitrogens with zero attached hydrogens (tertiary/aromatic N) is 2. The lowest BCUT2D eigenvalue weighted by Gasteiger charge is -2.23. The van der Waals surface area contributed by atoms with Crippen LogP contribution in [0, 0.1) is 5.92 Å². The molecule has 5 heteroatoms. The lowest BCUT2D eigenvalue weighted by atomic mass is 9.91. The SMILES string of the molecule is CCCN(CCC(C)C)C(=O)CN=C1CCCC/C1=C(/N)C=O. The highest BCUT2D eigenvalue weighted by Crippen LogP contribution is 2.22. The molecule has 0 aromatic heterocycles. The monoisotopic (exact) mass is 321 g/mol. The molecule has 1 aliphatic carbocycles. The van der Waals surface area contributed by atoms with Crippen molar-refractivity contribution in [3.05, 3.63) is 11.3 Å². The average molecular weight is 321 g/mol. The van der Waals surface area contributed by atoms with Gasteiger partial charge in [-0.1, -0.05) is 20.8 Å². The van der Waals surface area contributed by atoms with Crippen molar-refractivity contribution in [2.24, 2.45) is 16.6 Å². The molecule has 0 bridgehead atoms. The Balaban J connectivity index is 2.74. The fourth-order valence-electron chi connectivity index (χ4n) is 2.75. The molecule has 0 aromatic carbocycles. The zero-order chi connectivity index (χ0) is 17.2. The molecule has 1 aliphatic rings. The van der Waals surface area contributed by atoms with Crippen LogP contribution in [0.1, 0.15) is 59.3 Å². The largest absolute Gasteiger partial charge is 0.396 e. The second-order valence-corrected chi connectivity index (χ2v) is 6.59.